The number of halogens is 5. The summed E-state index contributed by atoms with van der Waals surface area (Å²) in [5.74, 6) is 0.656. The molecule has 0 nitrogen and oxygen atoms in total. The molecule has 0 aromatic carbocycles. The van der Waals surface area contributed by atoms with Gasteiger partial charge in [0.25, 0.3) is 0 Å². The van der Waals surface area contributed by atoms with Crippen LogP contribution in [0.15, 0.2) is 0 Å². The topological polar surface area (TPSA) is 0 Å². The van der Waals surface area contributed by atoms with Crippen LogP contribution in [0.4, 0.5) is 0 Å². The van der Waals surface area contributed by atoms with Crippen molar-refractivity contribution in [3.8, 4) is 0 Å². The van der Waals surface area contributed by atoms with Crippen LogP contribution in [-0.2, 0) is 0 Å². The van der Waals surface area contributed by atoms with Gasteiger partial charge in [0.05, 0.1) is 3.74 Å². The molecule has 0 aliphatic heterocycles. The van der Waals surface area contributed by atoms with Crippen LogP contribution in [0.5, 0.6) is 0 Å². The minimum absolute atomic E-state index is 0.412. The Kier molecular flexibility index (Phi) is 5.69. The van der Waals surface area contributed by atoms with Gasteiger partial charge in [-0.15, -0.1) is 0 Å². The standard InChI is InChI=1S/C7H9Br5/c8-4-2-6(10)5(9)1-3(4)7(11)12/h3-7H,1-2H2. The van der Waals surface area contributed by atoms with E-state index in [2.05, 4.69) is 79.6 Å². The lowest BCUT2D eigenvalue weighted by molar-refractivity contribution is 0.426. The van der Waals surface area contributed by atoms with E-state index in [-0.39, 0.29) is 0 Å². The Morgan fingerprint density at radius 2 is 1.33 bits per heavy atom. The van der Waals surface area contributed by atoms with E-state index in [4.69, 9.17) is 0 Å². The largest absolute Gasteiger partial charge is 0.0886 e. The average Bonchev–Trinajstić information content (AvgIpc) is 1.96. The molecule has 4 atom stereocenters. The van der Waals surface area contributed by atoms with E-state index in [0.29, 0.717) is 24.1 Å². The van der Waals surface area contributed by atoms with E-state index < -0.39 is 0 Å². The molecule has 0 spiro atoms. The fraction of sp³-hybridized carbons (Fsp3) is 1.00. The molecule has 0 heterocycles. The number of rotatable bonds is 1. The number of hydrogen-bond donors (Lipinski definition) is 0. The Morgan fingerprint density at radius 3 is 1.83 bits per heavy atom. The lowest BCUT2D eigenvalue weighted by atomic mass is 9.90. The Hall–Kier alpha value is 2.40. The molecule has 72 valence electrons. The van der Waals surface area contributed by atoms with Gasteiger partial charge in [0, 0.05) is 14.5 Å². The molecule has 1 rings (SSSR count). The van der Waals surface area contributed by atoms with Gasteiger partial charge in [-0.3, -0.25) is 0 Å². The summed E-state index contributed by atoms with van der Waals surface area (Å²) in [6.45, 7) is 0. The zero-order valence-electron chi connectivity index (χ0n) is 6.19. The van der Waals surface area contributed by atoms with Crippen molar-refractivity contribution in [1.29, 1.82) is 0 Å². The summed E-state index contributed by atoms with van der Waals surface area (Å²) in [4.78, 5) is 1.78. The van der Waals surface area contributed by atoms with Crippen LogP contribution in [0.1, 0.15) is 12.8 Å². The van der Waals surface area contributed by atoms with Gasteiger partial charge >= 0.3 is 0 Å². The van der Waals surface area contributed by atoms with E-state index in [9.17, 15) is 0 Å². The molecule has 12 heavy (non-hydrogen) atoms. The van der Waals surface area contributed by atoms with E-state index in [0.717, 1.165) is 0 Å². The first-order valence-electron chi connectivity index (χ1n) is 3.72. The highest BCUT2D eigenvalue weighted by Gasteiger charge is 2.35. The SMILES string of the molecule is BrC(Br)C1CC(Br)C(Br)CC1Br. The van der Waals surface area contributed by atoms with Crippen LogP contribution in [-0.4, -0.2) is 18.2 Å². The van der Waals surface area contributed by atoms with Crippen molar-refractivity contribution in [3.63, 3.8) is 0 Å². The second kappa shape index (κ2) is 5.47. The Bertz CT molecular complexity index is 149. The molecular formula is C7H9Br5. The molecule has 0 aromatic heterocycles. The summed E-state index contributed by atoms with van der Waals surface area (Å²) in [5, 5.41) is 0. The molecule has 0 saturated heterocycles. The summed E-state index contributed by atoms with van der Waals surface area (Å²) in [7, 11) is 0. The van der Waals surface area contributed by atoms with Crippen LogP contribution in [0.2, 0.25) is 0 Å². The molecule has 0 N–H and O–H groups in total. The van der Waals surface area contributed by atoms with Crippen molar-refractivity contribution in [3.05, 3.63) is 0 Å². The second-order valence-electron chi connectivity index (χ2n) is 3.02. The lowest BCUT2D eigenvalue weighted by Gasteiger charge is -2.35. The van der Waals surface area contributed by atoms with Crippen LogP contribution in [0.3, 0.4) is 0 Å². The van der Waals surface area contributed by atoms with E-state index in [1.54, 1.807) is 0 Å². The fourth-order valence-corrected chi connectivity index (χ4v) is 6.03. The smallest absolute Gasteiger partial charge is 0.0737 e. The first-order chi connectivity index (χ1) is 5.52. The molecule has 4 unspecified atom stereocenters. The first kappa shape index (κ1) is 12.5. The quantitative estimate of drug-likeness (QED) is 0.461. The van der Waals surface area contributed by atoms with Crippen LogP contribution in [0, 0.1) is 5.92 Å². The molecule has 0 radical (unpaired) electrons. The van der Waals surface area contributed by atoms with Gasteiger partial charge < -0.3 is 0 Å². The van der Waals surface area contributed by atoms with Crippen molar-refractivity contribution in [2.75, 3.05) is 0 Å². The normalized spacial score (nSPS) is 43.5. The molecule has 1 fully saturated rings. The Morgan fingerprint density at radius 1 is 0.833 bits per heavy atom. The third-order valence-corrected chi connectivity index (χ3v) is 7.27. The maximum Gasteiger partial charge on any atom is 0.0737 e. The van der Waals surface area contributed by atoms with Gasteiger partial charge in [-0.1, -0.05) is 79.6 Å². The Balaban J connectivity index is 2.55. The molecule has 1 aliphatic carbocycles. The number of alkyl halides is 5. The predicted octanol–water partition coefficient (Wildman–Crippen LogP) is 4.80. The van der Waals surface area contributed by atoms with Crippen LogP contribution >= 0.6 is 79.6 Å². The van der Waals surface area contributed by atoms with Gasteiger partial charge in [-0.2, -0.15) is 0 Å². The molecule has 5 heteroatoms. The number of hydrogen-bond acceptors (Lipinski definition) is 0. The van der Waals surface area contributed by atoms with Gasteiger partial charge in [0.2, 0.25) is 0 Å². The van der Waals surface area contributed by atoms with Gasteiger partial charge in [-0.25, -0.2) is 0 Å². The highest BCUT2D eigenvalue weighted by molar-refractivity contribution is 9.24. The summed E-state index contributed by atoms with van der Waals surface area (Å²) in [6, 6.07) is 0. The monoisotopic (exact) mass is 488 g/mol. The second-order valence-corrected chi connectivity index (χ2v) is 9.75. The van der Waals surface area contributed by atoms with Gasteiger partial charge in [0.1, 0.15) is 0 Å². The molecule has 0 amide bonds. The average molecular weight is 493 g/mol. The maximum atomic E-state index is 3.71. The minimum Gasteiger partial charge on any atom is -0.0886 e. The third-order valence-electron chi connectivity index (χ3n) is 2.13. The molecule has 1 aliphatic rings. The maximum absolute atomic E-state index is 3.71. The van der Waals surface area contributed by atoms with Crippen molar-refractivity contribution >= 4 is 79.6 Å². The predicted molar refractivity (Wildman–Crippen MR) is 72.5 cm³/mol. The minimum atomic E-state index is 0.412. The summed E-state index contributed by atoms with van der Waals surface area (Å²) < 4.78 is 0.412. The lowest BCUT2D eigenvalue weighted by Crippen LogP contribution is -2.35. The van der Waals surface area contributed by atoms with Gasteiger partial charge in [-0.05, 0) is 18.8 Å². The van der Waals surface area contributed by atoms with E-state index in [1.807, 2.05) is 0 Å². The van der Waals surface area contributed by atoms with Crippen molar-refractivity contribution in [2.45, 2.75) is 31.1 Å². The first-order valence-corrected chi connectivity index (χ1v) is 8.30. The Labute approximate surface area is 115 Å². The summed E-state index contributed by atoms with van der Waals surface area (Å²) in [6.07, 6.45) is 2.36. The van der Waals surface area contributed by atoms with Crippen LogP contribution < -0.4 is 0 Å². The van der Waals surface area contributed by atoms with E-state index >= 15 is 0 Å². The van der Waals surface area contributed by atoms with Crippen molar-refractivity contribution in [1.82, 2.24) is 0 Å². The third kappa shape index (κ3) is 3.21. The zero-order valence-corrected chi connectivity index (χ0v) is 14.1. The van der Waals surface area contributed by atoms with Crippen LogP contribution in [0.25, 0.3) is 0 Å². The highest BCUT2D eigenvalue weighted by Crippen LogP contribution is 2.42. The van der Waals surface area contributed by atoms with E-state index in [1.165, 1.54) is 12.8 Å². The van der Waals surface area contributed by atoms with Gasteiger partial charge in [0.15, 0.2) is 0 Å². The molecule has 1 saturated carbocycles. The zero-order chi connectivity index (χ0) is 9.30. The fourth-order valence-electron chi connectivity index (χ4n) is 1.35. The van der Waals surface area contributed by atoms with Crippen molar-refractivity contribution < 1.29 is 0 Å². The highest BCUT2D eigenvalue weighted by atomic mass is 79.9. The summed E-state index contributed by atoms with van der Waals surface area (Å²) >= 11 is 18.2. The molecule has 0 bridgehead atoms. The summed E-state index contributed by atoms with van der Waals surface area (Å²) in [5.41, 5.74) is 0. The molecule has 0 aromatic rings. The molecular weight excluding hydrogens is 484 g/mol. The van der Waals surface area contributed by atoms with Crippen molar-refractivity contribution in [2.24, 2.45) is 5.92 Å².